The second-order valence-corrected chi connectivity index (χ2v) is 7.03. The lowest BCUT2D eigenvalue weighted by atomic mass is 10.0. The van der Waals surface area contributed by atoms with E-state index in [1.807, 2.05) is 30.3 Å². The van der Waals surface area contributed by atoms with Crippen LogP contribution in [-0.2, 0) is 0 Å². The lowest BCUT2D eigenvalue weighted by Gasteiger charge is -2.12. The van der Waals surface area contributed by atoms with Gasteiger partial charge in [-0.15, -0.1) is 0 Å². The summed E-state index contributed by atoms with van der Waals surface area (Å²) in [4.78, 5) is 17.6. The van der Waals surface area contributed by atoms with Crippen LogP contribution in [0.3, 0.4) is 0 Å². The third-order valence-electron chi connectivity index (χ3n) is 5.07. The van der Waals surface area contributed by atoms with Gasteiger partial charge in [-0.05, 0) is 59.3 Å². The summed E-state index contributed by atoms with van der Waals surface area (Å²) in [5.41, 5.74) is 2.87. The molecule has 0 radical (unpaired) electrons. The standard InChI is InChI=1S/C25H17FN2O3/c1-30-22-12-8-15-4-2-3-5-19(15)23(22)24(29)27-18-11-13-21-20(14-18)28-25(31-21)16-6-9-17(26)10-7-16/h2-14H,1H3,(H,27,29). The van der Waals surface area contributed by atoms with Crippen LogP contribution in [-0.4, -0.2) is 18.0 Å². The third-order valence-corrected chi connectivity index (χ3v) is 5.07. The molecule has 4 aromatic carbocycles. The molecule has 0 aliphatic carbocycles. The smallest absolute Gasteiger partial charge is 0.260 e. The van der Waals surface area contributed by atoms with Gasteiger partial charge in [-0.2, -0.15) is 0 Å². The zero-order valence-corrected chi connectivity index (χ0v) is 16.6. The van der Waals surface area contributed by atoms with Crippen molar-refractivity contribution in [2.24, 2.45) is 0 Å². The fourth-order valence-electron chi connectivity index (χ4n) is 3.57. The summed E-state index contributed by atoms with van der Waals surface area (Å²) in [6.45, 7) is 0. The third kappa shape index (κ3) is 3.48. The highest BCUT2D eigenvalue weighted by molar-refractivity contribution is 6.15. The molecule has 1 aromatic heterocycles. The number of methoxy groups -OCH3 is 1. The number of fused-ring (bicyclic) bond motifs is 2. The van der Waals surface area contributed by atoms with Gasteiger partial charge in [-0.1, -0.05) is 30.3 Å². The molecule has 0 fully saturated rings. The summed E-state index contributed by atoms with van der Waals surface area (Å²) in [6.07, 6.45) is 0. The van der Waals surface area contributed by atoms with Crippen molar-refractivity contribution in [2.75, 3.05) is 12.4 Å². The number of halogens is 1. The summed E-state index contributed by atoms with van der Waals surface area (Å²) in [5, 5.41) is 4.68. The van der Waals surface area contributed by atoms with Gasteiger partial charge in [-0.25, -0.2) is 9.37 Å². The molecule has 152 valence electrons. The highest BCUT2D eigenvalue weighted by Crippen LogP contribution is 2.30. The fourth-order valence-corrected chi connectivity index (χ4v) is 3.57. The maximum absolute atomic E-state index is 13.2. The molecule has 1 heterocycles. The number of aromatic nitrogens is 1. The summed E-state index contributed by atoms with van der Waals surface area (Å²) in [7, 11) is 1.54. The molecule has 5 nitrogen and oxygen atoms in total. The number of carbonyl (C=O) groups is 1. The fraction of sp³-hybridized carbons (Fsp3) is 0.0400. The highest BCUT2D eigenvalue weighted by Gasteiger charge is 2.17. The Kier molecular flexibility index (Phi) is 4.59. The van der Waals surface area contributed by atoms with Crippen LogP contribution in [0.4, 0.5) is 10.1 Å². The van der Waals surface area contributed by atoms with Crippen LogP contribution in [0.1, 0.15) is 10.4 Å². The van der Waals surface area contributed by atoms with Crippen LogP contribution >= 0.6 is 0 Å². The molecule has 5 aromatic rings. The SMILES string of the molecule is COc1ccc2ccccc2c1C(=O)Nc1ccc2oc(-c3ccc(F)cc3)nc2c1. The number of oxazole rings is 1. The normalized spacial score (nSPS) is 11.0. The van der Waals surface area contributed by atoms with Gasteiger partial charge < -0.3 is 14.5 Å². The van der Waals surface area contributed by atoms with Crippen LogP contribution in [0.15, 0.2) is 83.3 Å². The molecule has 6 heteroatoms. The Morgan fingerprint density at radius 1 is 1.00 bits per heavy atom. The topological polar surface area (TPSA) is 64.4 Å². The maximum atomic E-state index is 13.2. The second kappa shape index (κ2) is 7.57. The highest BCUT2D eigenvalue weighted by atomic mass is 19.1. The molecule has 0 bridgehead atoms. The number of amides is 1. The molecule has 31 heavy (non-hydrogen) atoms. The first kappa shape index (κ1) is 18.8. The predicted molar refractivity (Wildman–Crippen MR) is 118 cm³/mol. The molecule has 0 unspecified atom stereocenters. The number of benzene rings is 4. The van der Waals surface area contributed by atoms with Crippen LogP contribution in [0, 0.1) is 5.82 Å². The molecule has 0 spiro atoms. The van der Waals surface area contributed by atoms with Crippen LogP contribution in [0.25, 0.3) is 33.3 Å². The molecule has 1 N–H and O–H groups in total. The van der Waals surface area contributed by atoms with Gasteiger partial charge in [0.2, 0.25) is 5.89 Å². The van der Waals surface area contributed by atoms with E-state index in [2.05, 4.69) is 10.3 Å². The van der Waals surface area contributed by atoms with E-state index in [4.69, 9.17) is 9.15 Å². The maximum Gasteiger partial charge on any atom is 0.260 e. The first-order chi connectivity index (χ1) is 15.1. The van der Waals surface area contributed by atoms with Gasteiger partial charge >= 0.3 is 0 Å². The van der Waals surface area contributed by atoms with Crippen molar-refractivity contribution in [3.8, 4) is 17.2 Å². The number of nitrogens with one attached hydrogen (secondary N) is 1. The Balaban J connectivity index is 1.49. The number of carbonyl (C=O) groups excluding carboxylic acids is 1. The van der Waals surface area contributed by atoms with Gasteiger partial charge in [0.1, 0.15) is 17.1 Å². The van der Waals surface area contributed by atoms with Crippen molar-refractivity contribution in [1.29, 1.82) is 0 Å². The Morgan fingerprint density at radius 3 is 2.61 bits per heavy atom. The lowest BCUT2D eigenvalue weighted by Crippen LogP contribution is -2.13. The van der Waals surface area contributed by atoms with Crippen molar-refractivity contribution < 1.29 is 18.3 Å². The first-order valence-corrected chi connectivity index (χ1v) is 9.66. The molecule has 0 atom stereocenters. The van der Waals surface area contributed by atoms with Gasteiger partial charge in [-0.3, -0.25) is 4.79 Å². The Hall–Kier alpha value is -4.19. The summed E-state index contributed by atoms with van der Waals surface area (Å²) >= 11 is 0. The van der Waals surface area contributed by atoms with E-state index in [9.17, 15) is 9.18 Å². The largest absolute Gasteiger partial charge is 0.496 e. The van der Waals surface area contributed by atoms with E-state index >= 15 is 0 Å². The monoisotopic (exact) mass is 412 g/mol. The van der Waals surface area contributed by atoms with E-state index in [0.717, 1.165) is 10.8 Å². The minimum absolute atomic E-state index is 0.282. The number of ether oxygens (including phenoxy) is 1. The van der Waals surface area contributed by atoms with E-state index in [1.165, 1.54) is 12.1 Å². The number of rotatable bonds is 4. The predicted octanol–water partition coefficient (Wildman–Crippen LogP) is 6.05. The van der Waals surface area contributed by atoms with E-state index < -0.39 is 0 Å². The Bertz CT molecular complexity index is 1420. The van der Waals surface area contributed by atoms with E-state index in [-0.39, 0.29) is 11.7 Å². The number of anilines is 1. The molecular weight excluding hydrogens is 395 g/mol. The quantitative estimate of drug-likeness (QED) is 0.390. The average Bonchev–Trinajstić information content (AvgIpc) is 3.22. The summed E-state index contributed by atoms with van der Waals surface area (Å²) < 4.78 is 24.4. The zero-order valence-electron chi connectivity index (χ0n) is 16.6. The zero-order chi connectivity index (χ0) is 21.4. The summed E-state index contributed by atoms with van der Waals surface area (Å²) in [5.74, 6) is 0.274. The molecule has 0 saturated carbocycles. The van der Waals surface area contributed by atoms with E-state index in [0.29, 0.717) is 39.6 Å². The Labute approximate surface area is 177 Å². The number of hydrogen-bond acceptors (Lipinski definition) is 4. The van der Waals surface area contributed by atoms with Crippen molar-refractivity contribution in [1.82, 2.24) is 4.98 Å². The van der Waals surface area contributed by atoms with Crippen molar-refractivity contribution in [3.63, 3.8) is 0 Å². The minimum atomic E-state index is -0.325. The number of nitrogens with zero attached hydrogens (tertiary/aromatic N) is 1. The second-order valence-electron chi connectivity index (χ2n) is 7.03. The molecule has 0 saturated heterocycles. The van der Waals surface area contributed by atoms with Crippen molar-refractivity contribution in [2.45, 2.75) is 0 Å². The average molecular weight is 412 g/mol. The van der Waals surface area contributed by atoms with Crippen LogP contribution in [0.5, 0.6) is 5.75 Å². The number of hydrogen-bond donors (Lipinski definition) is 1. The molecule has 1 amide bonds. The van der Waals surface area contributed by atoms with Gasteiger partial charge in [0.15, 0.2) is 5.58 Å². The van der Waals surface area contributed by atoms with Crippen LogP contribution in [0.2, 0.25) is 0 Å². The first-order valence-electron chi connectivity index (χ1n) is 9.66. The molecule has 0 aliphatic heterocycles. The molecule has 0 aliphatic rings. The molecular formula is C25H17FN2O3. The van der Waals surface area contributed by atoms with Crippen molar-refractivity contribution in [3.05, 3.63) is 90.2 Å². The van der Waals surface area contributed by atoms with Crippen molar-refractivity contribution >= 4 is 33.5 Å². The minimum Gasteiger partial charge on any atom is -0.496 e. The Morgan fingerprint density at radius 2 is 1.81 bits per heavy atom. The lowest BCUT2D eigenvalue weighted by molar-refractivity contribution is 0.102. The van der Waals surface area contributed by atoms with E-state index in [1.54, 1.807) is 43.5 Å². The van der Waals surface area contributed by atoms with Gasteiger partial charge in [0.25, 0.3) is 5.91 Å². The molecule has 5 rings (SSSR count). The summed E-state index contributed by atoms with van der Waals surface area (Å²) in [6, 6.07) is 22.5. The van der Waals surface area contributed by atoms with Crippen LogP contribution < -0.4 is 10.1 Å². The van der Waals surface area contributed by atoms with Gasteiger partial charge in [0, 0.05) is 11.3 Å². The van der Waals surface area contributed by atoms with Gasteiger partial charge in [0.05, 0.1) is 12.7 Å².